The van der Waals surface area contributed by atoms with Gasteiger partial charge in [-0.1, -0.05) is 24.4 Å². The molecule has 0 fully saturated rings. The van der Waals surface area contributed by atoms with Crippen LogP contribution >= 0.6 is 0 Å². The second-order valence-electron chi connectivity index (χ2n) is 6.53. The van der Waals surface area contributed by atoms with Crippen LogP contribution in [0.25, 0.3) is 10.4 Å². The lowest BCUT2D eigenvalue weighted by atomic mass is 9.97. The molecule has 9 heteroatoms. The smallest absolute Gasteiger partial charge is 0.220 e. The summed E-state index contributed by atoms with van der Waals surface area (Å²) in [5, 5.41) is 3.36. The van der Waals surface area contributed by atoms with Gasteiger partial charge in [0.05, 0.1) is 13.2 Å². The predicted octanol–water partition coefficient (Wildman–Crippen LogP) is 3.48. The Kier molecular flexibility index (Phi) is 8.16. The molecular weight excluding hydrogens is 353 g/mol. The lowest BCUT2D eigenvalue weighted by Gasteiger charge is -2.16. The van der Waals surface area contributed by atoms with Crippen LogP contribution in [-0.2, 0) is 11.2 Å². The van der Waals surface area contributed by atoms with Crippen LogP contribution in [-0.4, -0.2) is 25.7 Å². The Balaban J connectivity index is 1.93. The molecule has 1 atom stereocenters. The predicted molar refractivity (Wildman–Crippen MR) is 99.3 cm³/mol. The molecule has 0 radical (unpaired) electrons. The number of carbonyl (C=O) groups excluding carboxylic acids is 1. The number of amides is 1. The van der Waals surface area contributed by atoms with Crippen molar-refractivity contribution in [1.29, 1.82) is 0 Å². The number of fused-ring (bicyclic) bond motifs is 1. The lowest BCUT2D eigenvalue weighted by molar-refractivity contribution is -0.122. The highest BCUT2D eigenvalue weighted by molar-refractivity contribution is 5.76. The second-order valence-corrected chi connectivity index (χ2v) is 6.53. The average molecular weight is 379 g/mol. The standard InChI is InChI=1S/C18H26FN5O3/c19-14-11-15(13-7-10-27-17(13)16(14)23-24-22)26-9-6-12(18(21)25)5-3-1-2-4-8-20/h11-12H,1-10,20H2,(H2,21,25). The van der Waals surface area contributed by atoms with Gasteiger partial charge in [0.15, 0.2) is 0 Å². The summed E-state index contributed by atoms with van der Waals surface area (Å²) in [6.07, 6.45) is 5.65. The third-order valence-corrected chi connectivity index (χ3v) is 4.65. The summed E-state index contributed by atoms with van der Waals surface area (Å²) in [5.74, 6) is -0.748. The number of primary amides is 1. The molecule has 0 spiro atoms. The number of benzene rings is 1. The van der Waals surface area contributed by atoms with E-state index in [1.54, 1.807) is 0 Å². The van der Waals surface area contributed by atoms with E-state index in [0.29, 0.717) is 43.7 Å². The summed E-state index contributed by atoms with van der Waals surface area (Å²) in [4.78, 5) is 14.3. The van der Waals surface area contributed by atoms with Gasteiger partial charge in [0.25, 0.3) is 0 Å². The average Bonchev–Trinajstić information content (AvgIpc) is 3.12. The highest BCUT2D eigenvalue weighted by Crippen LogP contribution is 2.43. The van der Waals surface area contributed by atoms with Gasteiger partial charge in [-0.15, -0.1) is 0 Å². The zero-order valence-corrected chi connectivity index (χ0v) is 15.3. The molecule has 148 valence electrons. The van der Waals surface area contributed by atoms with E-state index in [-0.39, 0.29) is 29.9 Å². The van der Waals surface area contributed by atoms with E-state index in [1.807, 2.05) is 0 Å². The third kappa shape index (κ3) is 5.74. The first-order valence-electron chi connectivity index (χ1n) is 9.24. The van der Waals surface area contributed by atoms with Gasteiger partial charge in [-0.05, 0) is 31.3 Å². The molecule has 0 saturated carbocycles. The molecule has 1 unspecified atom stereocenters. The first-order valence-corrected chi connectivity index (χ1v) is 9.24. The highest BCUT2D eigenvalue weighted by Gasteiger charge is 2.25. The van der Waals surface area contributed by atoms with Crippen molar-refractivity contribution in [2.75, 3.05) is 19.8 Å². The van der Waals surface area contributed by atoms with Crippen LogP contribution in [0.1, 0.15) is 44.1 Å². The SMILES string of the molecule is [N-]=[N+]=Nc1c(F)cc(OCCC(CCCCCCN)C(N)=O)c2c1OCC2. The van der Waals surface area contributed by atoms with Gasteiger partial charge in [-0.3, -0.25) is 4.79 Å². The van der Waals surface area contributed by atoms with Crippen molar-refractivity contribution >= 4 is 11.6 Å². The van der Waals surface area contributed by atoms with Gasteiger partial charge in [-0.2, -0.15) is 0 Å². The molecule has 27 heavy (non-hydrogen) atoms. The number of azide groups is 1. The van der Waals surface area contributed by atoms with Gasteiger partial charge in [0.1, 0.15) is 23.0 Å². The molecule has 1 amide bonds. The summed E-state index contributed by atoms with van der Waals surface area (Å²) in [5.41, 5.74) is 20.1. The molecule has 0 bridgehead atoms. The highest BCUT2D eigenvalue weighted by atomic mass is 19.1. The van der Waals surface area contributed by atoms with E-state index in [4.69, 9.17) is 26.5 Å². The van der Waals surface area contributed by atoms with Gasteiger partial charge in [0, 0.05) is 28.9 Å². The fraction of sp³-hybridized carbons (Fsp3) is 0.611. The van der Waals surface area contributed by atoms with Gasteiger partial charge >= 0.3 is 0 Å². The number of nitrogens with two attached hydrogens (primary N) is 2. The maximum atomic E-state index is 14.2. The van der Waals surface area contributed by atoms with Gasteiger partial charge < -0.3 is 20.9 Å². The fourth-order valence-electron chi connectivity index (χ4n) is 3.18. The summed E-state index contributed by atoms with van der Waals surface area (Å²) in [7, 11) is 0. The van der Waals surface area contributed by atoms with E-state index in [0.717, 1.165) is 25.7 Å². The minimum atomic E-state index is -0.699. The molecule has 0 aliphatic carbocycles. The van der Waals surface area contributed by atoms with Crippen molar-refractivity contribution in [3.8, 4) is 11.5 Å². The number of halogens is 1. The van der Waals surface area contributed by atoms with E-state index in [9.17, 15) is 9.18 Å². The molecular formula is C18H26FN5O3. The zero-order valence-electron chi connectivity index (χ0n) is 15.3. The Labute approximate surface area is 157 Å². The molecule has 2 rings (SSSR count). The number of hydrogen-bond donors (Lipinski definition) is 2. The molecule has 0 aromatic heterocycles. The van der Waals surface area contributed by atoms with E-state index in [1.165, 1.54) is 6.07 Å². The molecule has 1 aliphatic heterocycles. The maximum absolute atomic E-state index is 14.2. The first kappa shape index (κ1) is 20.8. The summed E-state index contributed by atoms with van der Waals surface area (Å²) < 4.78 is 25.3. The number of unbranched alkanes of at least 4 members (excludes halogenated alkanes) is 3. The van der Waals surface area contributed by atoms with Crippen molar-refractivity contribution in [1.82, 2.24) is 0 Å². The number of carbonyl (C=O) groups is 1. The summed E-state index contributed by atoms with van der Waals surface area (Å²) in [6.45, 7) is 1.29. The Morgan fingerprint density at radius 2 is 2.15 bits per heavy atom. The van der Waals surface area contributed by atoms with Crippen LogP contribution in [0.4, 0.5) is 10.1 Å². The minimum absolute atomic E-state index is 0.148. The quantitative estimate of drug-likeness (QED) is 0.248. The number of nitrogens with zero attached hydrogens (tertiary/aromatic N) is 3. The molecule has 1 aromatic rings. The summed E-state index contributed by atoms with van der Waals surface area (Å²) >= 11 is 0. The van der Waals surface area contributed by atoms with Gasteiger partial charge in [-0.25, -0.2) is 4.39 Å². The molecule has 4 N–H and O–H groups in total. The van der Waals surface area contributed by atoms with E-state index >= 15 is 0 Å². The lowest BCUT2D eigenvalue weighted by Crippen LogP contribution is -2.25. The Morgan fingerprint density at radius 3 is 2.85 bits per heavy atom. The third-order valence-electron chi connectivity index (χ3n) is 4.65. The van der Waals surface area contributed by atoms with E-state index in [2.05, 4.69) is 10.0 Å². The summed E-state index contributed by atoms with van der Waals surface area (Å²) in [6, 6.07) is 1.20. The monoisotopic (exact) mass is 379 g/mol. The molecule has 8 nitrogen and oxygen atoms in total. The zero-order chi connectivity index (χ0) is 19.6. The van der Waals surface area contributed by atoms with Crippen molar-refractivity contribution in [3.63, 3.8) is 0 Å². The number of rotatable bonds is 12. The largest absolute Gasteiger partial charge is 0.493 e. The normalized spacial score (nSPS) is 13.4. The minimum Gasteiger partial charge on any atom is -0.493 e. The molecule has 1 aromatic carbocycles. The first-order chi connectivity index (χ1) is 13.1. The van der Waals surface area contributed by atoms with Crippen LogP contribution in [0.3, 0.4) is 0 Å². The Morgan fingerprint density at radius 1 is 1.37 bits per heavy atom. The second kappa shape index (κ2) is 10.6. The van der Waals surface area contributed by atoms with Crippen molar-refractivity contribution < 1.29 is 18.7 Å². The van der Waals surface area contributed by atoms with Crippen molar-refractivity contribution in [2.24, 2.45) is 22.5 Å². The Bertz CT molecular complexity index is 707. The van der Waals surface area contributed by atoms with Crippen LogP contribution in [0.15, 0.2) is 11.2 Å². The van der Waals surface area contributed by atoms with Crippen LogP contribution < -0.4 is 20.9 Å². The van der Waals surface area contributed by atoms with Crippen molar-refractivity contribution in [3.05, 3.63) is 27.9 Å². The van der Waals surface area contributed by atoms with Crippen LogP contribution in [0.5, 0.6) is 11.5 Å². The van der Waals surface area contributed by atoms with Gasteiger partial charge in [0.2, 0.25) is 5.91 Å². The molecule has 0 saturated heterocycles. The van der Waals surface area contributed by atoms with Crippen LogP contribution in [0.2, 0.25) is 0 Å². The molecule has 1 heterocycles. The number of hydrogen-bond acceptors (Lipinski definition) is 5. The maximum Gasteiger partial charge on any atom is 0.220 e. The fourth-order valence-corrected chi connectivity index (χ4v) is 3.18. The van der Waals surface area contributed by atoms with Crippen molar-refractivity contribution in [2.45, 2.75) is 44.9 Å². The number of ether oxygens (including phenoxy) is 2. The van der Waals surface area contributed by atoms with E-state index < -0.39 is 5.82 Å². The van der Waals surface area contributed by atoms with Crippen LogP contribution in [0, 0.1) is 11.7 Å². The Hall–Kier alpha value is -2.51. The molecule has 1 aliphatic rings. The topological polar surface area (TPSA) is 136 Å².